The van der Waals surface area contributed by atoms with Crippen molar-refractivity contribution in [2.75, 3.05) is 24.6 Å². The van der Waals surface area contributed by atoms with E-state index in [0.29, 0.717) is 39.4 Å². The molecule has 4 aromatic rings. The standard InChI is InChI=1S/C22H17Cl2N5O3/c23-13-5-7-14(8-6-13)29-19(15-3-1-2-4-16(15)24)27-18-20(25-12-26-21(18)29)28-9-10-32-17(11-28)22(30)31/h1-8,12,17H,9-11H2,(H,30,31). The number of aliphatic carboxylic acids is 1. The van der Waals surface area contributed by atoms with Gasteiger partial charge < -0.3 is 14.7 Å². The number of aromatic nitrogens is 4. The van der Waals surface area contributed by atoms with Gasteiger partial charge in [0, 0.05) is 22.8 Å². The molecular weight excluding hydrogens is 453 g/mol. The van der Waals surface area contributed by atoms with Crippen LogP contribution in [0.15, 0.2) is 54.9 Å². The molecule has 2 aromatic heterocycles. The summed E-state index contributed by atoms with van der Waals surface area (Å²) >= 11 is 12.6. The third-order valence-corrected chi connectivity index (χ3v) is 5.85. The summed E-state index contributed by atoms with van der Waals surface area (Å²) in [6, 6.07) is 14.8. The first kappa shape index (κ1) is 20.7. The summed E-state index contributed by atoms with van der Waals surface area (Å²) in [5.74, 6) is 0.131. The van der Waals surface area contributed by atoms with Gasteiger partial charge in [0.25, 0.3) is 0 Å². The smallest absolute Gasteiger partial charge is 0.334 e. The van der Waals surface area contributed by atoms with Crippen LogP contribution in [0, 0.1) is 0 Å². The van der Waals surface area contributed by atoms with Crippen LogP contribution >= 0.6 is 23.2 Å². The van der Waals surface area contributed by atoms with Crippen LogP contribution in [0.25, 0.3) is 28.2 Å². The first-order chi connectivity index (χ1) is 15.5. The fourth-order valence-corrected chi connectivity index (χ4v) is 4.11. The lowest BCUT2D eigenvalue weighted by molar-refractivity contribution is -0.150. The van der Waals surface area contributed by atoms with Gasteiger partial charge in [0.2, 0.25) is 0 Å². The molecular formula is C22H17Cl2N5O3. The Kier molecular flexibility index (Phi) is 5.42. The lowest BCUT2D eigenvalue weighted by Crippen LogP contribution is -2.46. The zero-order valence-corrected chi connectivity index (χ0v) is 18.2. The largest absolute Gasteiger partial charge is 0.479 e. The molecule has 32 heavy (non-hydrogen) atoms. The molecule has 1 atom stereocenters. The van der Waals surface area contributed by atoms with E-state index in [1.165, 1.54) is 6.33 Å². The highest BCUT2D eigenvalue weighted by Gasteiger charge is 2.29. The second-order valence-corrected chi connectivity index (χ2v) is 8.08. The third kappa shape index (κ3) is 3.66. The maximum absolute atomic E-state index is 11.5. The topological polar surface area (TPSA) is 93.4 Å². The number of halogens is 2. The first-order valence-corrected chi connectivity index (χ1v) is 10.6. The number of anilines is 1. The van der Waals surface area contributed by atoms with Crippen LogP contribution in [-0.2, 0) is 9.53 Å². The van der Waals surface area contributed by atoms with Gasteiger partial charge in [-0.15, -0.1) is 0 Å². The van der Waals surface area contributed by atoms with Crippen LogP contribution in [0.2, 0.25) is 10.0 Å². The van der Waals surface area contributed by atoms with Gasteiger partial charge in [-0.2, -0.15) is 0 Å². The van der Waals surface area contributed by atoms with Crippen molar-refractivity contribution in [1.29, 1.82) is 0 Å². The molecule has 1 unspecified atom stereocenters. The predicted molar refractivity (Wildman–Crippen MR) is 122 cm³/mol. The summed E-state index contributed by atoms with van der Waals surface area (Å²) in [6.45, 7) is 0.930. The minimum Gasteiger partial charge on any atom is -0.479 e. The van der Waals surface area contributed by atoms with Crippen molar-refractivity contribution in [3.63, 3.8) is 0 Å². The Bertz CT molecular complexity index is 1310. The minimum absolute atomic E-state index is 0.163. The Hall–Kier alpha value is -3.20. The monoisotopic (exact) mass is 469 g/mol. The third-order valence-electron chi connectivity index (χ3n) is 5.27. The Labute approximate surface area is 193 Å². The van der Waals surface area contributed by atoms with E-state index in [4.69, 9.17) is 32.9 Å². The second-order valence-electron chi connectivity index (χ2n) is 7.24. The number of carboxylic acid groups (broad SMARTS) is 1. The van der Waals surface area contributed by atoms with Crippen molar-refractivity contribution in [1.82, 2.24) is 19.5 Å². The van der Waals surface area contributed by atoms with Crippen LogP contribution < -0.4 is 4.90 Å². The summed E-state index contributed by atoms with van der Waals surface area (Å²) < 4.78 is 7.25. The number of benzene rings is 2. The fourth-order valence-electron chi connectivity index (χ4n) is 3.76. The van der Waals surface area contributed by atoms with Crippen molar-refractivity contribution in [2.45, 2.75) is 6.10 Å². The number of morpholine rings is 1. The molecule has 1 aliphatic heterocycles. The van der Waals surface area contributed by atoms with E-state index < -0.39 is 12.1 Å². The molecule has 2 aromatic carbocycles. The molecule has 1 fully saturated rings. The normalized spacial score (nSPS) is 16.4. The van der Waals surface area contributed by atoms with Crippen LogP contribution in [0.4, 0.5) is 5.82 Å². The number of imidazole rings is 1. The van der Waals surface area contributed by atoms with Gasteiger partial charge in [-0.05, 0) is 36.4 Å². The molecule has 0 bridgehead atoms. The lowest BCUT2D eigenvalue weighted by atomic mass is 10.2. The van der Waals surface area contributed by atoms with Crippen LogP contribution in [0.5, 0.6) is 0 Å². The van der Waals surface area contributed by atoms with Crippen molar-refractivity contribution in [2.24, 2.45) is 0 Å². The zero-order chi connectivity index (χ0) is 22.2. The quantitative estimate of drug-likeness (QED) is 0.481. The van der Waals surface area contributed by atoms with Gasteiger partial charge in [0.15, 0.2) is 23.1 Å². The molecule has 5 rings (SSSR count). The van der Waals surface area contributed by atoms with Gasteiger partial charge in [-0.3, -0.25) is 4.57 Å². The zero-order valence-electron chi connectivity index (χ0n) is 16.7. The molecule has 1 aliphatic rings. The van der Waals surface area contributed by atoms with E-state index in [9.17, 15) is 9.90 Å². The highest BCUT2D eigenvalue weighted by Crippen LogP contribution is 2.35. The summed E-state index contributed by atoms with van der Waals surface area (Å²) in [4.78, 5) is 27.1. The Morgan fingerprint density at radius 2 is 1.88 bits per heavy atom. The maximum Gasteiger partial charge on any atom is 0.334 e. The predicted octanol–water partition coefficient (Wildman–Crippen LogP) is 4.08. The van der Waals surface area contributed by atoms with E-state index in [2.05, 4.69) is 9.97 Å². The SMILES string of the molecule is O=C(O)C1CN(c2ncnc3c2nc(-c2ccccc2Cl)n3-c2ccc(Cl)cc2)CCO1. The van der Waals surface area contributed by atoms with Gasteiger partial charge in [0.05, 0.1) is 18.2 Å². The molecule has 3 heterocycles. The van der Waals surface area contributed by atoms with Crippen molar-refractivity contribution in [3.05, 3.63) is 64.9 Å². The van der Waals surface area contributed by atoms with Crippen molar-refractivity contribution < 1.29 is 14.6 Å². The molecule has 162 valence electrons. The average Bonchev–Trinajstić information content (AvgIpc) is 3.19. The van der Waals surface area contributed by atoms with Crippen molar-refractivity contribution >= 4 is 46.2 Å². The second kappa shape index (κ2) is 8.38. The molecule has 0 aliphatic carbocycles. The number of hydrogen-bond donors (Lipinski definition) is 1. The number of carboxylic acids is 1. The van der Waals surface area contributed by atoms with Crippen LogP contribution in [-0.4, -0.2) is 56.4 Å². The average molecular weight is 470 g/mol. The maximum atomic E-state index is 11.5. The number of fused-ring (bicyclic) bond motifs is 1. The molecule has 10 heteroatoms. The number of ether oxygens (including phenoxy) is 1. The van der Waals surface area contributed by atoms with Crippen LogP contribution in [0.1, 0.15) is 0 Å². The molecule has 0 saturated carbocycles. The van der Waals surface area contributed by atoms with Gasteiger partial charge in [0.1, 0.15) is 12.2 Å². The van der Waals surface area contributed by atoms with E-state index in [1.54, 1.807) is 18.2 Å². The molecule has 1 saturated heterocycles. The molecule has 8 nitrogen and oxygen atoms in total. The van der Waals surface area contributed by atoms with E-state index >= 15 is 0 Å². The Morgan fingerprint density at radius 1 is 1.09 bits per heavy atom. The summed E-state index contributed by atoms with van der Waals surface area (Å²) in [5.41, 5.74) is 2.66. The minimum atomic E-state index is -1.01. The molecule has 0 radical (unpaired) electrons. The Balaban J connectivity index is 1.73. The summed E-state index contributed by atoms with van der Waals surface area (Å²) in [7, 11) is 0. The summed E-state index contributed by atoms with van der Waals surface area (Å²) in [5, 5.41) is 10.5. The number of rotatable bonds is 4. The first-order valence-electron chi connectivity index (χ1n) is 9.86. The molecule has 0 amide bonds. The fraction of sp³-hybridized carbons (Fsp3) is 0.182. The van der Waals surface area contributed by atoms with E-state index in [0.717, 1.165) is 11.3 Å². The van der Waals surface area contributed by atoms with Gasteiger partial charge >= 0.3 is 5.97 Å². The highest BCUT2D eigenvalue weighted by molar-refractivity contribution is 6.33. The number of carbonyl (C=O) groups is 1. The Morgan fingerprint density at radius 3 is 2.62 bits per heavy atom. The molecule has 0 spiro atoms. The summed E-state index contributed by atoms with van der Waals surface area (Å²) in [6.07, 6.45) is 0.517. The van der Waals surface area contributed by atoms with E-state index in [-0.39, 0.29) is 13.2 Å². The van der Waals surface area contributed by atoms with Gasteiger partial charge in [-0.1, -0.05) is 35.3 Å². The lowest BCUT2D eigenvalue weighted by Gasteiger charge is -2.31. The van der Waals surface area contributed by atoms with Crippen molar-refractivity contribution in [3.8, 4) is 17.1 Å². The highest BCUT2D eigenvalue weighted by atomic mass is 35.5. The molecule has 1 N–H and O–H groups in total. The van der Waals surface area contributed by atoms with E-state index in [1.807, 2.05) is 39.8 Å². The number of hydrogen-bond acceptors (Lipinski definition) is 6. The number of nitrogens with zero attached hydrogens (tertiary/aromatic N) is 5. The van der Waals surface area contributed by atoms with Gasteiger partial charge in [-0.25, -0.2) is 19.7 Å². The van der Waals surface area contributed by atoms with Crippen LogP contribution in [0.3, 0.4) is 0 Å².